The average Bonchev–Trinajstić information content (AvgIpc) is 3.45. The molecule has 8 heteroatoms. The summed E-state index contributed by atoms with van der Waals surface area (Å²) in [5.41, 5.74) is 0. The molecule has 0 aliphatic carbocycles. The second kappa shape index (κ2) is 9.82. The Kier molecular flexibility index (Phi) is 6.92. The molecule has 0 saturated carbocycles. The zero-order valence-electron chi connectivity index (χ0n) is 15.6. The van der Waals surface area contributed by atoms with Gasteiger partial charge in [-0.15, -0.1) is 0 Å². The Balaban J connectivity index is 1.43. The molecule has 3 rings (SSSR count). The number of aliphatic imine (C=N–C) groups is 1. The maximum atomic E-state index is 11.8. The van der Waals surface area contributed by atoms with Gasteiger partial charge in [-0.05, 0) is 50.2 Å². The standard InChI is InChI=1S/C19H27N5O3/c1-20-19(22-9-8-21-18(25)17-7-5-13-27-17)23-14-15(16-6-4-12-26-16)24-10-2-3-11-24/h4-7,12-13,15H,2-3,8-11,14H2,1H3,(H,21,25)(H2,20,22,23). The maximum Gasteiger partial charge on any atom is 0.287 e. The van der Waals surface area contributed by atoms with E-state index < -0.39 is 0 Å². The van der Waals surface area contributed by atoms with Crippen LogP contribution in [0.2, 0.25) is 0 Å². The van der Waals surface area contributed by atoms with Gasteiger partial charge in [0.05, 0.1) is 18.6 Å². The van der Waals surface area contributed by atoms with E-state index in [1.807, 2.05) is 12.1 Å². The largest absolute Gasteiger partial charge is 0.468 e. The third-order valence-corrected chi connectivity index (χ3v) is 4.59. The summed E-state index contributed by atoms with van der Waals surface area (Å²) in [7, 11) is 1.73. The van der Waals surface area contributed by atoms with Gasteiger partial charge in [0.1, 0.15) is 5.76 Å². The maximum absolute atomic E-state index is 11.8. The number of amides is 1. The van der Waals surface area contributed by atoms with Crippen molar-refractivity contribution in [2.75, 3.05) is 39.8 Å². The molecule has 3 heterocycles. The number of nitrogens with one attached hydrogen (secondary N) is 3. The molecule has 2 aromatic heterocycles. The Hall–Kier alpha value is -2.74. The van der Waals surface area contributed by atoms with Crippen LogP contribution in [0.3, 0.4) is 0 Å². The topological polar surface area (TPSA) is 95.0 Å². The van der Waals surface area contributed by atoms with Crippen LogP contribution in [0.1, 0.15) is 35.2 Å². The van der Waals surface area contributed by atoms with Crippen molar-refractivity contribution in [2.45, 2.75) is 18.9 Å². The van der Waals surface area contributed by atoms with Crippen LogP contribution in [0, 0.1) is 0 Å². The number of carbonyl (C=O) groups is 1. The highest BCUT2D eigenvalue weighted by Crippen LogP contribution is 2.24. The van der Waals surface area contributed by atoms with Gasteiger partial charge in [0, 0.05) is 26.7 Å². The van der Waals surface area contributed by atoms with Crippen LogP contribution in [0.5, 0.6) is 0 Å². The smallest absolute Gasteiger partial charge is 0.287 e. The first kappa shape index (κ1) is 19.0. The van der Waals surface area contributed by atoms with Gasteiger partial charge in [-0.1, -0.05) is 0 Å². The van der Waals surface area contributed by atoms with Gasteiger partial charge in [-0.25, -0.2) is 0 Å². The number of carbonyl (C=O) groups excluding carboxylic acids is 1. The summed E-state index contributed by atoms with van der Waals surface area (Å²) in [5.74, 6) is 1.74. The van der Waals surface area contributed by atoms with Crippen LogP contribution >= 0.6 is 0 Å². The molecule has 1 atom stereocenters. The number of rotatable bonds is 8. The van der Waals surface area contributed by atoms with Crippen LogP contribution in [-0.4, -0.2) is 56.5 Å². The Morgan fingerprint density at radius 2 is 1.85 bits per heavy atom. The molecule has 0 radical (unpaired) electrons. The monoisotopic (exact) mass is 373 g/mol. The lowest BCUT2D eigenvalue weighted by molar-refractivity contribution is 0.0926. The number of hydrogen-bond acceptors (Lipinski definition) is 5. The molecule has 1 fully saturated rings. The highest BCUT2D eigenvalue weighted by Gasteiger charge is 2.25. The summed E-state index contributed by atoms with van der Waals surface area (Å²) >= 11 is 0. The molecule has 0 aromatic carbocycles. The molecule has 146 valence electrons. The molecule has 2 aromatic rings. The summed E-state index contributed by atoms with van der Waals surface area (Å²) in [5, 5.41) is 9.36. The summed E-state index contributed by atoms with van der Waals surface area (Å²) < 4.78 is 10.7. The minimum atomic E-state index is -0.225. The second-order valence-corrected chi connectivity index (χ2v) is 6.39. The molecule has 27 heavy (non-hydrogen) atoms. The van der Waals surface area contributed by atoms with E-state index in [4.69, 9.17) is 8.83 Å². The van der Waals surface area contributed by atoms with Crippen molar-refractivity contribution in [1.29, 1.82) is 0 Å². The fourth-order valence-corrected chi connectivity index (χ4v) is 3.21. The third kappa shape index (κ3) is 5.37. The van der Waals surface area contributed by atoms with Gasteiger partial charge in [0.2, 0.25) is 0 Å². The van der Waals surface area contributed by atoms with E-state index >= 15 is 0 Å². The summed E-state index contributed by atoms with van der Waals surface area (Å²) in [6.07, 6.45) is 5.64. The first-order valence-electron chi connectivity index (χ1n) is 9.31. The summed E-state index contributed by atoms with van der Waals surface area (Å²) in [6, 6.07) is 7.45. The SMILES string of the molecule is CN=C(NCCNC(=O)c1ccco1)NCC(c1ccco1)N1CCCC1. The molecule has 8 nitrogen and oxygen atoms in total. The molecule has 0 spiro atoms. The summed E-state index contributed by atoms with van der Waals surface area (Å²) in [4.78, 5) is 18.5. The van der Waals surface area contributed by atoms with Gasteiger partial charge < -0.3 is 24.8 Å². The van der Waals surface area contributed by atoms with Crippen molar-refractivity contribution in [3.05, 3.63) is 48.3 Å². The van der Waals surface area contributed by atoms with E-state index in [1.54, 1.807) is 25.4 Å². The van der Waals surface area contributed by atoms with E-state index in [9.17, 15) is 4.79 Å². The van der Waals surface area contributed by atoms with Gasteiger partial charge in [0.25, 0.3) is 5.91 Å². The van der Waals surface area contributed by atoms with Gasteiger partial charge in [0.15, 0.2) is 11.7 Å². The molecular formula is C19H27N5O3. The third-order valence-electron chi connectivity index (χ3n) is 4.59. The van der Waals surface area contributed by atoms with Crippen molar-refractivity contribution < 1.29 is 13.6 Å². The lowest BCUT2D eigenvalue weighted by Gasteiger charge is -2.26. The second-order valence-electron chi connectivity index (χ2n) is 6.39. The number of likely N-dealkylation sites (tertiary alicyclic amines) is 1. The Labute approximate surface area is 159 Å². The Morgan fingerprint density at radius 3 is 2.52 bits per heavy atom. The first-order valence-corrected chi connectivity index (χ1v) is 9.31. The molecule has 1 unspecified atom stereocenters. The Morgan fingerprint density at radius 1 is 1.11 bits per heavy atom. The van der Waals surface area contributed by atoms with Crippen LogP contribution in [0.15, 0.2) is 50.6 Å². The molecule has 0 bridgehead atoms. The fourth-order valence-electron chi connectivity index (χ4n) is 3.21. The molecule has 1 saturated heterocycles. The minimum Gasteiger partial charge on any atom is -0.468 e. The van der Waals surface area contributed by atoms with Crippen LogP contribution < -0.4 is 16.0 Å². The first-order chi connectivity index (χ1) is 13.3. The average molecular weight is 373 g/mol. The van der Waals surface area contributed by atoms with Crippen LogP contribution in [0.4, 0.5) is 0 Å². The normalized spacial score (nSPS) is 16.3. The predicted octanol–water partition coefficient (Wildman–Crippen LogP) is 1.60. The lowest BCUT2D eigenvalue weighted by atomic mass is 10.2. The van der Waals surface area contributed by atoms with E-state index in [-0.39, 0.29) is 11.9 Å². The van der Waals surface area contributed by atoms with Gasteiger partial charge in [-0.3, -0.25) is 14.7 Å². The molecule has 3 N–H and O–H groups in total. The van der Waals surface area contributed by atoms with Gasteiger partial charge >= 0.3 is 0 Å². The van der Waals surface area contributed by atoms with Crippen LogP contribution in [0.25, 0.3) is 0 Å². The fraction of sp³-hybridized carbons (Fsp3) is 0.474. The highest BCUT2D eigenvalue weighted by atomic mass is 16.3. The summed E-state index contributed by atoms with van der Waals surface area (Å²) in [6.45, 7) is 3.89. The molecule has 1 amide bonds. The minimum absolute atomic E-state index is 0.180. The number of guanidine groups is 1. The predicted molar refractivity (Wildman–Crippen MR) is 103 cm³/mol. The number of furan rings is 2. The zero-order valence-corrected chi connectivity index (χ0v) is 15.6. The van der Waals surface area contributed by atoms with Crippen molar-refractivity contribution in [3.63, 3.8) is 0 Å². The quantitative estimate of drug-likeness (QED) is 0.370. The van der Waals surface area contributed by atoms with Crippen molar-refractivity contribution >= 4 is 11.9 Å². The number of hydrogen-bond donors (Lipinski definition) is 3. The van der Waals surface area contributed by atoms with E-state index in [2.05, 4.69) is 25.8 Å². The van der Waals surface area contributed by atoms with E-state index in [0.29, 0.717) is 31.4 Å². The van der Waals surface area contributed by atoms with E-state index in [0.717, 1.165) is 18.8 Å². The van der Waals surface area contributed by atoms with Crippen molar-refractivity contribution in [3.8, 4) is 0 Å². The van der Waals surface area contributed by atoms with Crippen molar-refractivity contribution in [2.24, 2.45) is 4.99 Å². The molecule has 1 aliphatic heterocycles. The highest BCUT2D eigenvalue weighted by molar-refractivity contribution is 5.91. The van der Waals surface area contributed by atoms with Crippen LogP contribution in [-0.2, 0) is 0 Å². The van der Waals surface area contributed by atoms with Crippen molar-refractivity contribution in [1.82, 2.24) is 20.9 Å². The molecular weight excluding hydrogens is 346 g/mol. The Bertz CT molecular complexity index is 706. The lowest BCUT2D eigenvalue weighted by Crippen LogP contribution is -2.44. The zero-order chi connectivity index (χ0) is 18.9. The van der Waals surface area contributed by atoms with Gasteiger partial charge in [-0.2, -0.15) is 0 Å². The number of nitrogens with zero attached hydrogens (tertiary/aromatic N) is 2. The van der Waals surface area contributed by atoms with E-state index in [1.165, 1.54) is 19.1 Å². The molecule has 1 aliphatic rings.